The van der Waals surface area contributed by atoms with Gasteiger partial charge in [-0.2, -0.15) is 0 Å². The Labute approximate surface area is 96.6 Å². The number of hydrogen-bond donors (Lipinski definition) is 1. The molecule has 0 saturated carbocycles. The molecule has 1 N–H and O–H groups in total. The van der Waals surface area contributed by atoms with Crippen molar-refractivity contribution in [3.8, 4) is 0 Å². The number of nitrogens with zero attached hydrogens (tertiary/aromatic N) is 1. The highest BCUT2D eigenvalue weighted by Gasteiger charge is 1.88. The molecule has 16 heavy (non-hydrogen) atoms. The SMILES string of the molecule is OCCCc1ccccc1.c1ccncc1. The molecule has 1 aromatic carbocycles. The highest BCUT2D eigenvalue weighted by molar-refractivity contribution is 5.14. The Balaban J connectivity index is 0.000000181. The summed E-state index contributed by atoms with van der Waals surface area (Å²) in [5, 5.41) is 8.53. The lowest BCUT2D eigenvalue weighted by atomic mass is 10.1. The average molecular weight is 215 g/mol. The topological polar surface area (TPSA) is 33.1 Å². The van der Waals surface area contributed by atoms with Crippen molar-refractivity contribution in [1.29, 1.82) is 0 Å². The summed E-state index contributed by atoms with van der Waals surface area (Å²) in [7, 11) is 0. The van der Waals surface area contributed by atoms with Crippen LogP contribution in [0.15, 0.2) is 60.9 Å². The molecular formula is C14H17NO. The molecule has 0 atom stereocenters. The molecule has 0 unspecified atom stereocenters. The van der Waals surface area contributed by atoms with E-state index >= 15 is 0 Å². The van der Waals surface area contributed by atoms with Crippen molar-refractivity contribution in [2.75, 3.05) is 6.61 Å². The molecule has 0 radical (unpaired) electrons. The maximum Gasteiger partial charge on any atom is 0.0434 e. The van der Waals surface area contributed by atoms with Gasteiger partial charge in [-0.1, -0.05) is 36.4 Å². The third-order valence-corrected chi connectivity index (χ3v) is 2.03. The minimum Gasteiger partial charge on any atom is -0.396 e. The van der Waals surface area contributed by atoms with Gasteiger partial charge in [0.05, 0.1) is 0 Å². The number of aryl methyl sites for hydroxylation is 1. The van der Waals surface area contributed by atoms with E-state index in [2.05, 4.69) is 17.1 Å². The Morgan fingerprint density at radius 3 is 1.94 bits per heavy atom. The van der Waals surface area contributed by atoms with Crippen LogP contribution in [0.1, 0.15) is 12.0 Å². The van der Waals surface area contributed by atoms with E-state index in [1.165, 1.54) is 5.56 Å². The smallest absolute Gasteiger partial charge is 0.0434 e. The largest absolute Gasteiger partial charge is 0.396 e. The first-order chi connectivity index (χ1) is 7.93. The van der Waals surface area contributed by atoms with Crippen molar-refractivity contribution in [2.24, 2.45) is 0 Å². The van der Waals surface area contributed by atoms with Gasteiger partial charge in [0.2, 0.25) is 0 Å². The minimum absolute atomic E-state index is 0.287. The Morgan fingerprint density at radius 1 is 0.875 bits per heavy atom. The van der Waals surface area contributed by atoms with Gasteiger partial charge in [0.25, 0.3) is 0 Å². The Bertz CT molecular complexity index is 321. The molecule has 2 nitrogen and oxygen atoms in total. The van der Waals surface area contributed by atoms with Crippen LogP contribution < -0.4 is 0 Å². The van der Waals surface area contributed by atoms with Gasteiger partial charge in [0, 0.05) is 19.0 Å². The summed E-state index contributed by atoms with van der Waals surface area (Å²) < 4.78 is 0. The van der Waals surface area contributed by atoms with Gasteiger partial charge in [-0.25, -0.2) is 0 Å². The molecule has 0 fully saturated rings. The third kappa shape index (κ3) is 5.94. The number of rotatable bonds is 3. The summed E-state index contributed by atoms with van der Waals surface area (Å²) in [6.45, 7) is 0.287. The molecule has 0 saturated heterocycles. The van der Waals surface area contributed by atoms with Crippen LogP contribution in [0.25, 0.3) is 0 Å². The molecule has 2 aromatic rings. The van der Waals surface area contributed by atoms with E-state index in [1.54, 1.807) is 12.4 Å². The van der Waals surface area contributed by atoms with Crippen molar-refractivity contribution < 1.29 is 5.11 Å². The van der Waals surface area contributed by atoms with Crippen LogP contribution >= 0.6 is 0 Å². The van der Waals surface area contributed by atoms with Crippen LogP contribution in [0, 0.1) is 0 Å². The van der Waals surface area contributed by atoms with Crippen LogP contribution in [0.4, 0.5) is 0 Å². The zero-order valence-electron chi connectivity index (χ0n) is 9.29. The van der Waals surface area contributed by atoms with Crippen LogP contribution in [-0.2, 0) is 6.42 Å². The Morgan fingerprint density at radius 2 is 1.50 bits per heavy atom. The normalized spacial score (nSPS) is 9.06. The van der Waals surface area contributed by atoms with E-state index in [0.29, 0.717) is 0 Å². The first kappa shape index (κ1) is 12.4. The molecule has 1 aromatic heterocycles. The zero-order valence-corrected chi connectivity index (χ0v) is 9.29. The summed E-state index contributed by atoms with van der Waals surface area (Å²) in [5.41, 5.74) is 1.30. The summed E-state index contributed by atoms with van der Waals surface area (Å²) in [6, 6.07) is 15.9. The van der Waals surface area contributed by atoms with Crippen LogP contribution in [-0.4, -0.2) is 16.7 Å². The maximum atomic E-state index is 8.53. The quantitative estimate of drug-likeness (QED) is 0.854. The van der Waals surface area contributed by atoms with Crippen molar-refractivity contribution in [1.82, 2.24) is 4.98 Å². The number of aliphatic hydroxyl groups is 1. The van der Waals surface area contributed by atoms with E-state index in [-0.39, 0.29) is 6.61 Å². The fourth-order valence-corrected chi connectivity index (χ4v) is 1.24. The van der Waals surface area contributed by atoms with Crippen LogP contribution in [0.2, 0.25) is 0 Å². The standard InChI is InChI=1S/C9H12O.C5H5N/c10-8-4-7-9-5-2-1-3-6-9;1-2-4-6-5-3-1/h1-3,5-6,10H,4,7-8H2;1-5H. The molecule has 2 rings (SSSR count). The van der Waals surface area contributed by atoms with Gasteiger partial charge in [0.15, 0.2) is 0 Å². The monoisotopic (exact) mass is 215 g/mol. The molecule has 0 aliphatic rings. The number of benzene rings is 1. The molecule has 0 aliphatic carbocycles. The molecule has 0 spiro atoms. The van der Waals surface area contributed by atoms with Gasteiger partial charge in [-0.3, -0.25) is 4.98 Å². The summed E-state index contributed by atoms with van der Waals surface area (Å²) >= 11 is 0. The fraction of sp³-hybridized carbons (Fsp3) is 0.214. The van der Waals surface area contributed by atoms with Crippen LogP contribution in [0.3, 0.4) is 0 Å². The predicted molar refractivity (Wildman–Crippen MR) is 66.1 cm³/mol. The molecule has 0 aliphatic heterocycles. The van der Waals surface area contributed by atoms with Crippen LogP contribution in [0.5, 0.6) is 0 Å². The highest BCUT2D eigenvalue weighted by Crippen LogP contribution is 2.00. The number of aliphatic hydroxyl groups excluding tert-OH is 1. The zero-order chi connectivity index (χ0) is 11.5. The van der Waals surface area contributed by atoms with Crippen molar-refractivity contribution in [3.63, 3.8) is 0 Å². The van der Waals surface area contributed by atoms with E-state index in [4.69, 9.17) is 5.11 Å². The van der Waals surface area contributed by atoms with Gasteiger partial charge in [-0.15, -0.1) is 0 Å². The molecule has 84 valence electrons. The van der Waals surface area contributed by atoms with Crippen molar-refractivity contribution in [2.45, 2.75) is 12.8 Å². The Kier molecular flexibility index (Phi) is 6.68. The summed E-state index contributed by atoms with van der Waals surface area (Å²) in [4.78, 5) is 3.78. The summed E-state index contributed by atoms with van der Waals surface area (Å²) in [5.74, 6) is 0. The van der Waals surface area contributed by atoms with Crippen molar-refractivity contribution >= 4 is 0 Å². The second-order valence-electron chi connectivity index (χ2n) is 3.34. The third-order valence-electron chi connectivity index (χ3n) is 2.03. The maximum absolute atomic E-state index is 8.53. The fourth-order valence-electron chi connectivity index (χ4n) is 1.24. The van der Waals surface area contributed by atoms with E-state index in [9.17, 15) is 0 Å². The van der Waals surface area contributed by atoms with E-state index < -0.39 is 0 Å². The molecule has 0 amide bonds. The van der Waals surface area contributed by atoms with Gasteiger partial charge < -0.3 is 5.11 Å². The lowest BCUT2D eigenvalue weighted by Crippen LogP contribution is -1.87. The lowest BCUT2D eigenvalue weighted by molar-refractivity contribution is 0.288. The first-order valence-corrected chi connectivity index (χ1v) is 5.43. The number of hydrogen-bond acceptors (Lipinski definition) is 2. The molecule has 1 heterocycles. The van der Waals surface area contributed by atoms with Gasteiger partial charge in [0.1, 0.15) is 0 Å². The predicted octanol–water partition coefficient (Wildman–Crippen LogP) is 2.69. The first-order valence-electron chi connectivity index (χ1n) is 5.43. The lowest BCUT2D eigenvalue weighted by Gasteiger charge is -1.96. The van der Waals surface area contributed by atoms with Gasteiger partial charge in [-0.05, 0) is 30.5 Å². The van der Waals surface area contributed by atoms with Gasteiger partial charge >= 0.3 is 0 Å². The second kappa shape index (κ2) is 8.62. The number of pyridine rings is 1. The number of aromatic nitrogens is 1. The van der Waals surface area contributed by atoms with E-state index in [1.807, 2.05) is 36.4 Å². The second-order valence-corrected chi connectivity index (χ2v) is 3.34. The molecular weight excluding hydrogens is 198 g/mol. The van der Waals surface area contributed by atoms with Crippen molar-refractivity contribution in [3.05, 3.63) is 66.5 Å². The summed E-state index contributed by atoms with van der Waals surface area (Å²) in [6.07, 6.45) is 5.35. The highest BCUT2D eigenvalue weighted by atomic mass is 16.2. The average Bonchev–Trinajstić information content (AvgIpc) is 2.40. The molecule has 2 heteroatoms. The molecule has 0 bridgehead atoms. The van der Waals surface area contributed by atoms with E-state index in [0.717, 1.165) is 12.8 Å². The minimum atomic E-state index is 0.287. The Hall–Kier alpha value is -1.67.